The smallest absolute Gasteiger partial charge is 0.148 e. The molecule has 0 saturated heterocycles. The van der Waals surface area contributed by atoms with Crippen LogP contribution in [0.5, 0.6) is 0 Å². The van der Waals surface area contributed by atoms with Gasteiger partial charge in [0.15, 0.2) is 0 Å². The molecule has 88 valence electrons. The monoisotopic (exact) mass is 212 g/mol. The molecule has 0 aromatic rings. The van der Waals surface area contributed by atoms with Crippen molar-refractivity contribution >= 4 is 6.29 Å². The molecule has 0 rings (SSSR count). The second-order valence-electron chi connectivity index (χ2n) is 4.59. The van der Waals surface area contributed by atoms with Gasteiger partial charge in [0, 0.05) is 7.11 Å². The van der Waals surface area contributed by atoms with Crippen LogP contribution in [0.4, 0.5) is 0 Å². The Balaban J connectivity index is 3.66. The van der Waals surface area contributed by atoms with E-state index in [2.05, 4.69) is 32.9 Å². The third kappa shape index (κ3) is 7.32. The van der Waals surface area contributed by atoms with E-state index in [-0.39, 0.29) is 6.10 Å². The average Bonchev–Trinajstić information content (AvgIpc) is 2.23. The summed E-state index contributed by atoms with van der Waals surface area (Å²) in [6.45, 7) is 6.65. The van der Waals surface area contributed by atoms with E-state index in [9.17, 15) is 4.79 Å². The summed E-state index contributed by atoms with van der Waals surface area (Å²) in [4.78, 5) is 10.5. The first-order valence-electron chi connectivity index (χ1n) is 5.71. The van der Waals surface area contributed by atoms with Crippen LogP contribution in [0.25, 0.3) is 0 Å². The van der Waals surface area contributed by atoms with Crippen LogP contribution in [-0.4, -0.2) is 19.5 Å². The van der Waals surface area contributed by atoms with Gasteiger partial charge >= 0.3 is 0 Å². The lowest BCUT2D eigenvalue weighted by Gasteiger charge is -2.16. The van der Waals surface area contributed by atoms with E-state index in [0.717, 1.165) is 32.0 Å². The molecule has 0 radical (unpaired) electrons. The highest BCUT2D eigenvalue weighted by atomic mass is 16.5. The fourth-order valence-electron chi connectivity index (χ4n) is 1.20. The second-order valence-corrected chi connectivity index (χ2v) is 4.59. The minimum Gasteiger partial charge on any atom is -0.374 e. The molecule has 0 N–H and O–H groups in total. The fraction of sp³-hybridized carbons (Fsp3) is 0.769. The minimum atomic E-state index is -0.224. The zero-order chi connectivity index (χ0) is 11.7. The molecule has 0 aliphatic rings. The van der Waals surface area contributed by atoms with Gasteiger partial charge in [-0.25, -0.2) is 0 Å². The van der Waals surface area contributed by atoms with Crippen LogP contribution in [-0.2, 0) is 9.53 Å². The molecule has 0 aliphatic carbocycles. The number of carbonyl (C=O) groups excluding carboxylic acids is 1. The van der Waals surface area contributed by atoms with Crippen LogP contribution in [0.2, 0.25) is 0 Å². The Morgan fingerprint density at radius 3 is 2.53 bits per heavy atom. The maximum Gasteiger partial charge on any atom is 0.148 e. The first-order valence-corrected chi connectivity index (χ1v) is 5.71. The SMILES string of the molecule is CCC(C)(C)/C=C/CCCC(C=O)OC. The van der Waals surface area contributed by atoms with E-state index in [1.54, 1.807) is 7.11 Å². The van der Waals surface area contributed by atoms with Gasteiger partial charge < -0.3 is 9.53 Å². The molecule has 1 atom stereocenters. The summed E-state index contributed by atoms with van der Waals surface area (Å²) < 4.78 is 4.98. The van der Waals surface area contributed by atoms with E-state index < -0.39 is 0 Å². The van der Waals surface area contributed by atoms with Crippen molar-refractivity contribution in [2.45, 2.75) is 52.6 Å². The highest BCUT2D eigenvalue weighted by Gasteiger charge is 2.09. The van der Waals surface area contributed by atoms with Crippen molar-refractivity contribution < 1.29 is 9.53 Å². The molecule has 0 amide bonds. The third-order valence-electron chi connectivity index (χ3n) is 2.79. The quantitative estimate of drug-likeness (QED) is 0.350. The summed E-state index contributed by atoms with van der Waals surface area (Å²) in [5, 5.41) is 0. The molecule has 0 heterocycles. The van der Waals surface area contributed by atoms with Gasteiger partial charge in [-0.1, -0.05) is 32.9 Å². The third-order valence-corrected chi connectivity index (χ3v) is 2.79. The van der Waals surface area contributed by atoms with Crippen LogP contribution < -0.4 is 0 Å². The van der Waals surface area contributed by atoms with Gasteiger partial charge in [0.05, 0.1) is 0 Å². The summed E-state index contributed by atoms with van der Waals surface area (Å²) in [5.41, 5.74) is 0.297. The number of allylic oxidation sites excluding steroid dienone is 2. The molecule has 0 aromatic carbocycles. The van der Waals surface area contributed by atoms with Crippen LogP contribution in [0.15, 0.2) is 12.2 Å². The Hall–Kier alpha value is -0.630. The zero-order valence-corrected chi connectivity index (χ0v) is 10.5. The predicted molar refractivity (Wildman–Crippen MR) is 63.9 cm³/mol. The summed E-state index contributed by atoms with van der Waals surface area (Å²) >= 11 is 0. The predicted octanol–water partition coefficient (Wildman–Crippen LogP) is 3.36. The lowest BCUT2D eigenvalue weighted by Crippen LogP contribution is -2.11. The molecule has 2 nitrogen and oxygen atoms in total. The summed E-state index contributed by atoms with van der Waals surface area (Å²) in [6.07, 6.45) is 9.12. The number of carbonyl (C=O) groups is 1. The lowest BCUT2D eigenvalue weighted by molar-refractivity contribution is -0.116. The molecule has 0 aromatic heterocycles. The van der Waals surface area contributed by atoms with Gasteiger partial charge in [0.25, 0.3) is 0 Å². The Bertz CT molecular complexity index is 195. The van der Waals surface area contributed by atoms with E-state index in [1.165, 1.54) is 0 Å². The van der Waals surface area contributed by atoms with Crippen molar-refractivity contribution in [3.63, 3.8) is 0 Å². The number of unbranched alkanes of at least 4 members (excludes halogenated alkanes) is 1. The maximum atomic E-state index is 10.5. The van der Waals surface area contributed by atoms with E-state index >= 15 is 0 Å². The molecule has 0 aliphatic heterocycles. The number of rotatable bonds is 8. The van der Waals surface area contributed by atoms with Crippen molar-refractivity contribution in [1.29, 1.82) is 0 Å². The first-order chi connectivity index (χ1) is 7.05. The minimum absolute atomic E-state index is 0.224. The van der Waals surface area contributed by atoms with Crippen molar-refractivity contribution in [1.82, 2.24) is 0 Å². The van der Waals surface area contributed by atoms with Crippen LogP contribution in [0.3, 0.4) is 0 Å². The number of aldehydes is 1. The van der Waals surface area contributed by atoms with Gasteiger partial charge in [-0.3, -0.25) is 0 Å². The standard InChI is InChI=1S/C13H24O2/c1-5-13(2,3)10-8-6-7-9-12(11-14)15-4/h8,10-12H,5-7,9H2,1-4H3/b10-8+. The molecular weight excluding hydrogens is 188 g/mol. The normalized spacial score (nSPS) is 14.4. The maximum absolute atomic E-state index is 10.5. The van der Waals surface area contributed by atoms with Gasteiger partial charge in [-0.15, -0.1) is 0 Å². The molecular formula is C13H24O2. The van der Waals surface area contributed by atoms with Crippen molar-refractivity contribution in [3.05, 3.63) is 12.2 Å². The van der Waals surface area contributed by atoms with Crippen molar-refractivity contribution in [2.75, 3.05) is 7.11 Å². The summed E-state index contributed by atoms with van der Waals surface area (Å²) in [5.74, 6) is 0. The van der Waals surface area contributed by atoms with E-state index in [4.69, 9.17) is 4.74 Å². The van der Waals surface area contributed by atoms with Gasteiger partial charge in [-0.05, 0) is 31.1 Å². The molecule has 1 unspecified atom stereocenters. The number of hydrogen-bond acceptors (Lipinski definition) is 2. The van der Waals surface area contributed by atoms with Crippen molar-refractivity contribution in [2.24, 2.45) is 5.41 Å². The molecule has 0 spiro atoms. The largest absolute Gasteiger partial charge is 0.374 e. The summed E-state index contributed by atoms with van der Waals surface area (Å²) in [7, 11) is 1.58. The Morgan fingerprint density at radius 2 is 2.07 bits per heavy atom. The van der Waals surface area contributed by atoms with Crippen molar-refractivity contribution in [3.8, 4) is 0 Å². The van der Waals surface area contributed by atoms with Crippen LogP contribution in [0.1, 0.15) is 46.5 Å². The number of ether oxygens (including phenoxy) is 1. The van der Waals surface area contributed by atoms with Crippen LogP contribution in [0, 0.1) is 5.41 Å². The van der Waals surface area contributed by atoms with Gasteiger partial charge in [-0.2, -0.15) is 0 Å². The molecule has 0 bridgehead atoms. The second kappa shape index (κ2) is 7.63. The lowest BCUT2D eigenvalue weighted by atomic mass is 9.89. The van der Waals surface area contributed by atoms with Crippen LogP contribution >= 0.6 is 0 Å². The molecule has 0 saturated carbocycles. The number of methoxy groups -OCH3 is 1. The average molecular weight is 212 g/mol. The Labute approximate surface area is 93.7 Å². The topological polar surface area (TPSA) is 26.3 Å². The summed E-state index contributed by atoms with van der Waals surface area (Å²) in [6, 6.07) is 0. The van der Waals surface area contributed by atoms with Gasteiger partial charge in [0.2, 0.25) is 0 Å². The molecule has 15 heavy (non-hydrogen) atoms. The zero-order valence-electron chi connectivity index (χ0n) is 10.5. The highest BCUT2D eigenvalue weighted by molar-refractivity contribution is 5.55. The number of hydrogen-bond donors (Lipinski definition) is 0. The van der Waals surface area contributed by atoms with E-state index in [0.29, 0.717) is 5.41 Å². The Morgan fingerprint density at radius 1 is 1.40 bits per heavy atom. The highest BCUT2D eigenvalue weighted by Crippen LogP contribution is 2.21. The first kappa shape index (κ1) is 14.4. The van der Waals surface area contributed by atoms with E-state index in [1.807, 2.05) is 0 Å². The molecule has 0 fully saturated rings. The van der Waals surface area contributed by atoms with Gasteiger partial charge in [0.1, 0.15) is 12.4 Å². The Kier molecular flexibility index (Phi) is 7.31. The molecule has 2 heteroatoms. The fourth-order valence-corrected chi connectivity index (χ4v) is 1.20.